The van der Waals surface area contributed by atoms with E-state index < -0.39 is 14.6 Å². The molecule has 1 saturated heterocycles. The Labute approximate surface area is 184 Å². The Morgan fingerprint density at radius 3 is 1.65 bits per heavy atom. The lowest BCUT2D eigenvalue weighted by atomic mass is 10.1. The van der Waals surface area contributed by atoms with Crippen LogP contribution in [-0.4, -0.2) is 32.8 Å². The quantitative estimate of drug-likeness (QED) is 0.341. The van der Waals surface area contributed by atoms with E-state index in [0.29, 0.717) is 6.42 Å². The Morgan fingerprint density at radius 1 is 0.806 bits per heavy atom. The zero-order valence-corrected chi connectivity index (χ0v) is 18.9. The fourth-order valence-corrected chi connectivity index (χ4v) is 8.46. The molecule has 1 fully saturated rings. The van der Waals surface area contributed by atoms with Crippen molar-refractivity contribution in [1.29, 1.82) is 0 Å². The van der Waals surface area contributed by atoms with Crippen LogP contribution in [0, 0.1) is 0 Å². The molecule has 3 aromatic carbocycles. The molecule has 0 aliphatic carbocycles. The largest absolute Gasteiger partial charge is 0.436 e. The van der Waals surface area contributed by atoms with Crippen LogP contribution in [0.3, 0.4) is 0 Å². The predicted molar refractivity (Wildman–Crippen MR) is 124 cm³/mol. The van der Waals surface area contributed by atoms with E-state index >= 15 is 0 Å². The predicted octanol–water partition coefficient (Wildman–Crippen LogP) is 3.13. The van der Waals surface area contributed by atoms with Gasteiger partial charge in [-0.1, -0.05) is 91.0 Å². The number of hydrogen-bond donors (Lipinski definition) is 0. The second-order valence-electron chi connectivity index (χ2n) is 7.89. The summed E-state index contributed by atoms with van der Waals surface area (Å²) in [6.45, 7) is 3.41. The highest BCUT2D eigenvalue weighted by Gasteiger charge is 2.46. The van der Waals surface area contributed by atoms with Crippen molar-refractivity contribution >= 4 is 29.8 Å². The maximum absolute atomic E-state index is 11.4. The van der Waals surface area contributed by atoms with Crippen LogP contribution < -0.4 is 15.6 Å². The normalized spacial score (nSPS) is 21.4. The number of esters is 1. The van der Waals surface area contributed by atoms with Crippen LogP contribution in [0.1, 0.15) is 26.7 Å². The van der Waals surface area contributed by atoms with Crippen molar-refractivity contribution in [3.8, 4) is 0 Å². The first-order valence-electron chi connectivity index (χ1n) is 10.8. The first kappa shape index (κ1) is 21.5. The second kappa shape index (κ2) is 9.60. The van der Waals surface area contributed by atoms with E-state index in [2.05, 4.69) is 72.8 Å². The molecule has 4 rings (SSSR count). The number of rotatable bonds is 6. The van der Waals surface area contributed by atoms with E-state index in [1.807, 2.05) is 25.1 Å². The Kier molecular flexibility index (Phi) is 6.66. The number of hydrogen-bond acceptors (Lipinski definition) is 4. The van der Waals surface area contributed by atoms with Gasteiger partial charge in [0, 0.05) is 13.3 Å². The van der Waals surface area contributed by atoms with Gasteiger partial charge >= 0.3 is 5.97 Å². The van der Waals surface area contributed by atoms with Crippen molar-refractivity contribution in [2.24, 2.45) is 0 Å². The molecule has 1 aliphatic rings. The number of ether oxygens (including phenoxy) is 2. The molecule has 31 heavy (non-hydrogen) atoms. The molecule has 3 atom stereocenters. The molecule has 0 unspecified atom stereocenters. The average Bonchev–Trinajstić information content (AvgIpc) is 2.80. The van der Waals surface area contributed by atoms with E-state index in [0.717, 1.165) is 6.42 Å². The van der Waals surface area contributed by atoms with Gasteiger partial charge in [0.05, 0.1) is 12.2 Å². The molecule has 0 spiro atoms. The number of benzene rings is 3. The first-order chi connectivity index (χ1) is 15.1. The van der Waals surface area contributed by atoms with Gasteiger partial charge < -0.3 is 13.9 Å². The minimum atomic E-state index is -2.79. The third-order valence-electron chi connectivity index (χ3n) is 5.74. The maximum atomic E-state index is 11.4. The summed E-state index contributed by atoms with van der Waals surface area (Å²) in [7, 11) is -2.79. The SMILES string of the molecule is CC(=O)O[C@H]1CC[C@H](O[Si](c2ccccc2)(c2ccccc2)c2ccccc2)[C@H](C)O1. The van der Waals surface area contributed by atoms with E-state index in [-0.39, 0.29) is 18.2 Å². The smallest absolute Gasteiger partial charge is 0.304 e. The van der Waals surface area contributed by atoms with Gasteiger partial charge in [-0.3, -0.25) is 4.79 Å². The second-order valence-corrected chi connectivity index (χ2v) is 11.2. The third kappa shape index (κ3) is 4.64. The van der Waals surface area contributed by atoms with Crippen LogP contribution in [0.5, 0.6) is 0 Å². The summed E-state index contributed by atoms with van der Waals surface area (Å²) in [5.41, 5.74) is 0. The molecule has 0 N–H and O–H groups in total. The van der Waals surface area contributed by atoms with Gasteiger partial charge in [-0.05, 0) is 28.9 Å². The van der Waals surface area contributed by atoms with Crippen molar-refractivity contribution in [3.05, 3.63) is 91.0 Å². The zero-order valence-electron chi connectivity index (χ0n) is 17.9. The lowest BCUT2D eigenvalue weighted by molar-refractivity contribution is -0.214. The summed E-state index contributed by atoms with van der Waals surface area (Å²) < 4.78 is 18.5. The van der Waals surface area contributed by atoms with Crippen LogP contribution in [0.2, 0.25) is 0 Å². The molecule has 160 valence electrons. The molecule has 3 aromatic rings. The Hall–Kier alpha value is -2.73. The zero-order chi connectivity index (χ0) is 21.7. The summed E-state index contributed by atoms with van der Waals surface area (Å²) in [5.74, 6) is -0.321. The molecule has 0 bridgehead atoms. The molecule has 1 heterocycles. The highest BCUT2D eigenvalue weighted by Crippen LogP contribution is 2.26. The number of carbonyl (C=O) groups excluding carboxylic acids is 1. The van der Waals surface area contributed by atoms with Crippen LogP contribution in [0.25, 0.3) is 0 Å². The van der Waals surface area contributed by atoms with Crippen LogP contribution in [-0.2, 0) is 18.7 Å². The van der Waals surface area contributed by atoms with Crippen molar-refractivity contribution < 1.29 is 18.7 Å². The van der Waals surface area contributed by atoms with Crippen LogP contribution in [0.4, 0.5) is 0 Å². The molecule has 0 radical (unpaired) electrons. The van der Waals surface area contributed by atoms with Gasteiger partial charge in [-0.25, -0.2) is 0 Å². The highest BCUT2D eigenvalue weighted by atomic mass is 28.4. The van der Waals surface area contributed by atoms with Crippen molar-refractivity contribution in [1.82, 2.24) is 0 Å². The van der Waals surface area contributed by atoms with Gasteiger partial charge in [0.15, 0.2) is 0 Å². The van der Waals surface area contributed by atoms with Gasteiger partial charge in [0.2, 0.25) is 6.29 Å². The molecule has 0 aromatic heterocycles. The van der Waals surface area contributed by atoms with E-state index in [9.17, 15) is 4.79 Å². The first-order valence-corrected chi connectivity index (χ1v) is 12.7. The molecular formula is C26H28O4Si. The van der Waals surface area contributed by atoms with Crippen LogP contribution in [0.15, 0.2) is 91.0 Å². The summed E-state index contributed by atoms with van der Waals surface area (Å²) in [6, 6.07) is 31.6. The minimum absolute atomic E-state index is 0.112. The molecular weight excluding hydrogens is 404 g/mol. The van der Waals surface area contributed by atoms with Gasteiger partial charge in [-0.15, -0.1) is 0 Å². The third-order valence-corrected chi connectivity index (χ3v) is 9.84. The summed E-state index contributed by atoms with van der Waals surface area (Å²) >= 11 is 0. The highest BCUT2D eigenvalue weighted by molar-refractivity contribution is 7.07. The Morgan fingerprint density at radius 2 is 1.26 bits per heavy atom. The van der Waals surface area contributed by atoms with Crippen molar-refractivity contribution in [3.63, 3.8) is 0 Å². The van der Waals surface area contributed by atoms with Gasteiger partial charge in [0.1, 0.15) is 0 Å². The topological polar surface area (TPSA) is 44.8 Å². The summed E-state index contributed by atoms with van der Waals surface area (Å²) in [5, 5.41) is 3.59. The fourth-order valence-electron chi connectivity index (χ4n) is 4.31. The van der Waals surface area contributed by atoms with E-state index in [1.165, 1.54) is 22.5 Å². The minimum Gasteiger partial charge on any atom is -0.436 e. The molecule has 0 amide bonds. The van der Waals surface area contributed by atoms with Gasteiger partial charge in [0.25, 0.3) is 8.32 Å². The van der Waals surface area contributed by atoms with Crippen LogP contribution >= 0.6 is 0 Å². The summed E-state index contributed by atoms with van der Waals surface area (Å²) in [4.78, 5) is 11.4. The van der Waals surface area contributed by atoms with Crippen molar-refractivity contribution in [2.45, 2.75) is 45.2 Å². The lowest BCUT2D eigenvalue weighted by Crippen LogP contribution is -2.71. The summed E-state index contributed by atoms with van der Waals surface area (Å²) in [6.07, 6.45) is 0.575. The Balaban J connectivity index is 1.77. The monoisotopic (exact) mass is 432 g/mol. The standard InChI is InChI=1S/C26H28O4Si/c1-20-25(18-19-26(28-20)29-21(2)27)30-31(22-12-6-3-7-13-22,23-14-8-4-9-15-23)24-16-10-5-11-17-24/h3-17,20,25-26H,18-19H2,1-2H3/t20-,25-,26-/m0/s1. The lowest BCUT2D eigenvalue weighted by Gasteiger charge is -2.41. The van der Waals surface area contributed by atoms with Gasteiger partial charge in [-0.2, -0.15) is 0 Å². The van der Waals surface area contributed by atoms with E-state index in [1.54, 1.807) is 0 Å². The molecule has 5 heteroatoms. The molecule has 0 saturated carbocycles. The number of carbonyl (C=O) groups is 1. The average molecular weight is 433 g/mol. The maximum Gasteiger partial charge on any atom is 0.304 e. The van der Waals surface area contributed by atoms with Crippen molar-refractivity contribution in [2.75, 3.05) is 0 Å². The Bertz CT molecular complexity index is 881. The molecule has 4 nitrogen and oxygen atoms in total. The fraction of sp³-hybridized carbons (Fsp3) is 0.269. The molecule has 1 aliphatic heterocycles. The van der Waals surface area contributed by atoms with E-state index in [4.69, 9.17) is 13.9 Å².